The van der Waals surface area contributed by atoms with Crippen LogP contribution in [0, 0.1) is 32.6 Å². The molecule has 0 aromatic heterocycles. The van der Waals surface area contributed by atoms with Crippen molar-refractivity contribution in [2.75, 3.05) is 0 Å². The predicted molar refractivity (Wildman–Crippen MR) is 217 cm³/mol. The van der Waals surface area contributed by atoms with Crippen LogP contribution in [0.5, 0.6) is 5.75 Å². The molecular weight excluding hydrogens is 588 g/mol. The van der Waals surface area contributed by atoms with Gasteiger partial charge in [0.25, 0.3) is 0 Å². The first-order valence-electron chi connectivity index (χ1n) is 16.7. The molecule has 0 aliphatic rings. The molecule has 48 heavy (non-hydrogen) atoms. The number of hydrogen-bond acceptors (Lipinski definition) is 3. The van der Waals surface area contributed by atoms with Gasteiger partial charge in [0.15, 0.2) is 0 Å². The second-order valence-corrected chi connectivity index (χ2v) is 11.9. The predicted octanol–water partition coefficient (Wildman–Crippen LogP) is 14.0. The van der Waals surface area contributed by atoms with Gasteiger partial charge in [0.05, 0.1) is 0 Å². The quantitative estimate of drug-likeness (QED) is 0.189. The van der Waals surface area contributed by atoms with Crippen molar-refractivity contribution in [2.45, 2.75) is 89.5 Å². The average molecular weight is 657 g/mol. The highest BCUT2D eigenvalue weighted by atomic mass is 16.3. The zero-order valence-corrected chi connectivity index (χ0v) is 32.2. The van der Waals surface area contributed by atoms with Crippen molar-refractivity contribution in [3.8, 4) is 5.75 Å². The van der Waals surface area contributed by atoms with E-state index in [4.69, 9.17) is 15.3 Å². The standard InChI is InChI=1S/C9H12.C8H10.2C7H10O.C6H6O.2C4H10/c1-3-9-6-4-8(2)5-7-9;1-7-3-5-8(2)6-4-7;2*1-3-5-6-7(8)4-2;7-6-4-2-1-3-5-6;2*1-4(2)3/h4-7H,3H2,1-2H3;3-6H,1-2H3;2*3-6,8H,1H2,2H3;1-5,7H;2*4H,1-3H3/b;;2*6-5-,7-4+;;;. The highest BCUT2D eigenvalue weighted by molar-refractivity contribution is 5.21. The summed E-state index contributed by atoms with van der Waals surface area (Å²) in [5, 5.41) is 26.1. The molecule has 0 saturated carbocycles. The number of rotatable bonds is 5. The average Bonchev–Trinajstić information content (AvgIpc) is 3.05. The van der Waals surface area contributed by atoms with Crippen LogP contribution in [0.3, 0.4) is 0 Å². The fraction of sp³-hybridized carbons (Fsp3) is 0.333. The van der Waals surface area contributed by atoms with Crippen LogP contribution in [0.2, 0.25) is 0 Å². The number of phenolic OH excluding ortho intramolecular Hbond substituents is 1. The first kappa shape index (κ1) is 50.4. The van der Waals surface area contributed by atoms with Gasteiger partial charge in [0.2, 0.25) is 0 Å². The van der Waals surface area contributed by atoms with Crippen molar-refractivity contribution in [1.82, 2.24) is 0 Å². The Balaban J connectivity index is -0.000000239. The molecule has 0 aliphatic heterocycles. The number of para-hydroxylation sites is 1. The fourth-order valence-electron chi connectivity index (χ4n) is 2.41. The zero-order valence-electron chi connectivity index (χ0n) is 32.2. The Bertz CT molecular complexity index is 1180. The van der Waals surface area contributed by atoms with Crippen LogP contribution in [-0.2, 0) is 6.42 Å². The van der Waals surface area contributed by atoms with E-state index in [0.29, 0.717) is 5.75 Å². The van der Waals surface area contributed by atoms with Gasteiger partial charge in [0, 0.05) is 0 Å². The number of aryl methyl sites for hydroxylation is 4. The highest BCUT2D eigenvalue weighted by Crippen LogP contribution is 2.03. The van der Waals surface area contributed by atoms with E-state index in [0.717, 1.165) is 18.3 Å². The Hall–Kier alpha value is -4.50. The fourth-order valence-corrected chi connectivity index (χ4v) is 2.41. The van der Waals surface area contributed by atoms with Gasteiger partial charge < -0.3 is 15.3 Å². The molecule has 0 unspecified atom stereocenters. The SMILES string of the molecule is C=C/C=C\C(O)=C/C.C=C/C=C\C(O)=C/C.CC(C)C.CC(C)C.CCc1ccc(C)cc1.Cc1ccc(C)cc1.Oc1ccccc1. The number of aliphatic hydroxyl groups is 2. The Morgan fingerprint density at radius 2 is 0.875 bits per heavy atom. The third-order valence-corrected chi connectivity index (χ3v) is 4.90. The lowest BCUT2D eigenvalue weighted by atomic mass is 10.1. The third kappa shape index (κ3) is 48.4. The van der Waals surface area contributed by atoms with E-state index in [9.17, 15) is 0 Å². The largest absolute Gasteiger partial charge is 0.508 e. The molecule has 0 atom stereocenters. The van der Waals surface area contributed by atoms with Crippen molar-refractivity contribution in [2.24, 2.45) is 11.8 Å². The van der Waals surface area contributed by atoms with E-state index >= 15 is 0 Å². The molecule has 0 saturated heterocycles. The number of aliphatic hydroxyl groups excluding tert-OH is 2. The summed E-state index contributed by atoms with van der Waals surface area (Å²) in [6, 6.07) is 25.8. The third-order valence-electron chi connectivity index (χ3n) is 4.90. The lowest BCUT2D eigenvalue weighted by molar-refractivity contribution is 0.431. The van der Waals surface area contributed by atoms with Crippen LogP contribution in [0.1, 0.15) is 84.6 Å². The van der Waals surface area contributed by atoms with Gasteiger partial charge in [-0.05, 0) is 94.9 Å². The number of benzene rings is 3. The molecular formula is C45H68O3. The maximum Gasteiger partial charge on any atom is 0.115 e. The minimum Gasteiger partial charge on any atom is -0.508 e. The minimum atomic E-state index is 0.268. The van der Waals surface area contributed by atoms with Gasteiger partial charge in [0.1, 0.15) is 17.3 Å². The molecule has 0 heterocycles. The topological polar surface area (TPSA) is 60.7 Å². The van der Waals surface area contributed by atoms with Crippen LogP contribution in [0.25, 0.3) is 0 Å². The summed E-state index contributed by atoms with van der Waals surface area (Å²) >= 11 is 0. The first-order chi connectivity index (χ1) is 22.6. The molecule has 3 aromatic rings. The lowest BCUT2D eigenvalue weighted by Crippen LogP contribution is -1.77. The van der Waals surface area contributed by atoms with Crippen LogP contribution < -0.4 is 0 Å². The molecule has 0 bridgehead atoms. The van der Waals surface area contributed by atoms with Crippen LogP contribution in [0.15, 0.2) is 152 Å². The molecule has 3 heteroatoms. The lowest BCUT2D eigenvalue weighted by Gasteiger charge is -1.94. The molecule has 3 N–H and O–H groups in total. The molecule has 0 radical (unpaired) electrons. The summed E-state index contributed by atoms with van der Waals surface area (Å²) < 4.78 is 0. The number of allylic oxidation sites excluding steroid dienone is 8. The van der Waals surface area contributed by atoms with Gasteiger partial charge in [-0.15, -0.1) is 0 Å². The van der Waals surface area contributed by atoms with E-state index in [-0.39, 0.29) is 11.5 Å². The minimum absolute atomic E-state index is 0.268. The normalized spacial score (nSPS) is 10.2. The number of phenols is 1. The Kier molecular flexibility index (Phi) is 38.8. The van der Waals surface area contributed by atoms with Crippen molar-refractivity contribution in [3.05, 3.63) is 174 Å². The summed E-state index contributed by atoms with van der Waals surface area (Å²) in [6.07, 6.45) is 14.1. The summed E-state index contributed by atoms with van der Waals surface area (Å²) in [7, 11) is 0. The van der Waals surface area contributed by atoms with Gasteiger partial charge in [-0.3, -0.25) is 0 Å². The van der Waals surface area contributed by atoms with E-state index in [1.54, 1.807) is 86.7 Å². The maximum atomic E-state index is 8.72. The van der Waals surface area contributed by atoms with Crippen molar-refractivity contribution >= 4 is 0 Å². The van der Waals surface area contributed by atoms with Gasteiger partial charge >= 0.3 is 0 Å². The summed E-state index contributed by atoms with van der Waals surface area (Å²) in [6.45, 7) is 31.9. The summed E-state index contributed by atoms with van der Waals surface area (Å²) in [4.78, 5) is 0. The molecule has 0 aliphatic carbocycles. The molecule has 0 spiro atoms. The Labute approximate surface area is 296 Å². The van der Waals surface area contributed by atoms with Gasteiger partial charge in [-0.1, -0.05) is 169 Å². The zero-order chi connectivity index (χ0) is 37.8. The molecule has 266 valence electrons. The van der Waals surface area contributed by atoms with Crippen molar-refractivity contribution in [1.29, 1.82) is 0 Å². The highest BCUT2D eigenvalue weighted by Gasteiger charge is 1.85. The maximum absolute atomic E-state index is 8.72. The summed E-state index contributed by atoms with van der Waals surface area (Å²) in [5.74, 6) is 2.53. The van der Waals surface area contributed by atoms with E-state index in [2.05, 4.69) is 131 Å². The summed E-state index contributed by atoms with van der Waals surface area (Å²) in [5.41, 5.74) is 5.42. The first-order valence-corrected chi connectivity index (χ1v) is 16.7. The Morgan fingerprint density at radius 3 is 1.08 bits per heavy atom. The van der Waals surface area contributed by atoms with Crippen LogP contribution in [0.4, 0.5) is 0 Å². The Morgan fingerprint density at radius 1 is 0.583 bits per heavy atom. The monoisotopic (exact) mass is 657 g/mol. The molecule has 3 rings (SSSR count). The second kappa shape index (κ2) is 37.0. The molecule has 3 aromatic carbocycles. The smallest absolute Gasteiger partial charge is 0.115 e. The second-order valence-electron chi connectivity index (χ2n) is 11.9. The number of hydrogen-bond donors (Lipinski definition) is 3. The van der Waals surface area contributed by atoms with Gasteiger partial charge in [-0.25, -0.2) is 0 Å². The van der Waals surface area contributed by atoms with E-state index < -0.39 is 0 Å². The van der Waals surface area contributed by atoms with E-state index in [1.807, 2.05) is 6.07 Å². The van der Waals surface area contributed by atoms with E-state index in [1.165, 1.54) is 22.3 Å². The van der Waals surface area contributed by atoms with Crippen LogP contribution >= 0.6 is 0 Å². The molecule has 3 nitrogen and oxygen atoms in total. The molecule has 0 fully saturated rings. The van der Waals surface area contributed by atoms with Gasteiger partial charge in [-0.2, -0.15) is 0 Å². The van der Waals surface area contributed by atoms with Crippen LogP contribution in [-0.4, -0.2) is 15.3 Å². The van der Waals surface area contributed by atoms with Crippen molar-refractivity contribution in [3.63, 3.8) is 0 Å². The van der Waals surface area contributed by atoms with Crippen molar-refractivity contribution < 1.29 is 15.3 Å². The number of aromatic hydroxyl groups is 1. The molecule has 0 amide bonds.